The summed E-state index contributed by atoms with van der Waals surface area (Å²) in [5, 5.41) is 2.19. The normalized spacial score (nSPS) is 10.8. The van der Waals surface area contributed by atoms with Gasteiger partial charge in [-0.1, -0.05) is 43.5 Å². The summed E-state index contributed by atoms with van der Waals surface area (Å²) in [7, 11) is 1.69. The second-order valence-corrected chi connectivity index (χ2v) is 9.01. The lowest BCUT2D eigenvalue weighted by Gasteiger charge is -2.11. The minimum atomic E-state index is -0.477. The van der Waals surface area contributed by atoms with Gasteiger partial charge in [0.2, 0.25) is 0 Å². The Kier molecular flexibility index (Phi) is 7.32. The zero-order valence-electron chi connectivity index (χ0n) is 19.8. The van der Waals surface area contributed by atoms with Crippen molar-refractivity contribution in [2.45, 2.75) is 19.8 Å². The van der Waals surface area contributed by atoms with Crippen LogP contribution in [0.15, 0.2) is 73.8 Å². The Morgan fingerprint density at radius 1 is 0.914 bits per heavy atom. The molecule has 0 saturated heterocycles. The Morgan fingerprint density at radius 2 is 1.60 bits per heavy atom. The summed E-state index contributed by atoms with van der Waals surface area (Å²) >= 11 is 1.63. The van der Waals surface area contributed by atoms with E-state index >= 15 is 0 Å². The van der Waals surface area contributed by atoms with Crippen LogP contribution in [0.4, 0.5) is 0 Å². The average Bonchev–Trinajstić information content (AvgIpc) is 3.27. The maximum atomic E-state index is 11.7. The van der Waals surface area contributed by atoms with Crippen LogP contribution in [0.3, 0.4) is 0 Å². The molecule has 0 spiro atoms. The van der Waals surface area contributed by atoms with Crippen molar-refractivity contribution >= 4 is 43.4 Å². The van der Waals surface area contributed by atoms with Gasteiger partial charge in [0.25, 0.3) is 0 Å². The molecule has 4 rings (SSSR count). The van der Waals surface area contributed by atoms with Gasteiger partial charge in [-0.15, -0.1) is 11.3 Å². The van der Waals surface area contributed by atoms with Gasteiger partial charge in [0.15, 0.2) is 0 Å². The van der Waals surface area contributed by atoms with Crippen molar-refractivity contribution in [3.8, 4) is 22.6 Å². The Bertz CT molecular complexity index is 1430. The first-order valence-electron chi connectivity index (χ1n) is 11.2. The quantitative estimate of drug-likeness (QED) is 0.113. The molecular weight excluding hydrogens is 460 g/mol. The first-order valence-corrected chi connectivity index (χ1v) is 12.0. The average molecular weight is 487 g/mol. The zero-order chi connectivity index (χ0) is 24.9. The monoisotopic (exact) mass is 486 g/mol. The molecule has 4 aromatic rings. The Labute approximate surface area is 208 Å². The van der Waals surface area contributed by atoms with Gasteiger partial charge >= 0.3 is 11.9 Å². The molecule has 3 aromatic carbocycles. The molecule has 0 amide bonds. The van der Waals surface area contributed by atoms with Gasteiger partial charge in [0.1, 0.15) is 11.5 Å². The Hall–Kier alpha value is -3.90. The van der Waals surface area contributed by atoms with Crippen LogP contribution in [0, 0.1) is 6.92 Å². The van der Waals surface area contributed by atoms with E-state index in [2.05, 4.69) is 49.6 Å². The molecule has 0 aliphatic heterocycles. The summed E-state index contributed by atoms with van der Waals surface area (Å²) in [4.78, 5) is 22.9. The standard InChI is InChI=1S/C29H26O5S/c1-5-25(30)33-17-7-8-19-9-11-20(12-10-19)21-13-14-23-22-15-16-24(34-26(31)6-2)18(3)28(22)35-29(23)27(21)32-4/h5-6,9-16H,1-2,7-8,17H2,3-4H3. The zero-order valence-corrected chi connectivity index (χ0v) is 20.6. The highest BCUT2D eigenvalue weighted by atomic mass is 32.1. The molecule has 35 heavy (non-hydrogen) atoms. The van der Waals surface area contributed by atoms with Crippen LogP contribution in [-0.2, 0) is 20.7 Å². The molecule has 0 bridgehead atoms. The van der Waals surface area contributed by atoms with Crippen molar-refractivity contribution in [2.75, 3.05) is 13.7 Å². The maximum Gasteiger partial charge on any atom is 0.335 e. The lowest BCUT2D eigenvalue weighted by atomic mass is 9.99. The molecule has 0 unspecified atom stereocenters. The largest absolute Gasteiger partial charge is 0.495 e. The molecule has 0 fully saturated rings. The van der Waals surface area contributed by atoms with Crippen LogP contribution >= 0.6 is 11.3 Å². The van der Waals surface area contributed by atoms with Crippen LogP contribution < -0.4 is 9.47 Å². The summed E-state index contributed by atoms with van der Waals surface area (Å²) in [5.41, 5.74) is 4.14. The minimum Gasteiger partial charge on any atom is -0.495 e. The lowest BCUT2D eigenvalue weighted by molar-refractivity contribution is -0.137. The van der Waals surface area contributed by atoms with Gasteiger partial charge in [0.05, 0.1) is 18.4 Å². The highest BCUT2D eigenvalue weighted by molar-refractivity contribution is 7.26. The molecule has 0 radical (unpaired) electrons. The fraction of sp³-hybridized carbons (Fsp3) is 0.172. The molecule has 0 aliphatic rings. The van der Waals surface area contributed by atoms with Crippen molar-refractivity contribution in [3.05, 3.63) is 85.0 Å². The highest BCUT2D eigenvalue weighted by Crippen LogP contribution is 2.46. The van der Waals surface area contributed by atoms with E-state index in [0.29, 0.717) is 12.4 Å². The van der Waals surface area contributed by atoms with Crippen molar-refractivity contribution in [3.63, 3.8) is 0 Å². The number of aryl methyl sites for hydroxylation is 2. The topological polar surface area (TPSA) is 61.8 Å². The number of rotatable bonds is 9. The number of hydrogen-bond donors (Lipinski definition) is 0. The first kappa shape index (κ1) is 24.2. The van der Waals surface area contributed by atoms with Crippen molar-refractivity contribution in [2.24, 2.45) is 0 Å². The summed E-state index contributed by atoms with van der Waals surface area (Å²) < 4.78 is 18.4. The number of carbonyl (C=O) groups excluding carboxylic acids is 2. The van der Waals surface area contributed by atoms with E-state index < -0.39 is 11.9 Å². The molecule has 178 valence electrons. The molecule has 0 atom stereocenters. The number of hydrogen-bond acceptors (Lipinski definition) is 6. The van der Waals surface area contributed by atoms with Gasteiger partial charge < -0.3 is 14.2 Å². The molecule has 0 N–H and O–H groups in total. The maximum absolute atomic E-state index is 11.7. The van der Waals surface area contributed by atoms with E-state index in [9.17, 15) is 9.59 Å². The van der Waals surface area contributed by atoms with Crippen molar-refractivity contribution < 1.29 is 23.8 Å². The van der Waals surface area contributed by atoms with E-state index in [1.807, 2.05) is 19.1 Å². The van der Waals surface area contributed by atoms with Crippen molar-refractivity contribution in [1.29, 1.82) is 0 Å². The van der Waals surface area contributed by atoms with Gasteiger partial charge in [-0.2, -0.15) is 0 Å². The smallest absolute Gasteiger partial charge is 0.335 e. The first-order chi connectivity index (χ1) is 17.0. The molecule has 1 aromatic heterocycles. The number of esters is 2. The summed E-state index contributed by atoms with van der Waals surface area (Å²) in [6, 6.07) is 16.3. The third-order valence-corrected chi connectivity index (χ3v) is 7.17. The molecule has 0 aliphatic carbocycles. The van der Waals surface area contributed by atoms with Crippen LogP contribution in [-0.4, -0.2) is 25.7 Å². The van der Waals surface area contributed by atoms with E-state index in [4.69, 9.17) is 14.2 Å². The fourth-order valence-corrected chi connectivity index (χ4v) is 5.36. The van der Waals surface area contributed by atoms with E-state index in [1.54, 1.807) is 18.4 Å². The van der Waals surface area contributed by atoms with Crippen LogP contribution in [0.2, 0.25) is 0 Å². The third kappa shape index (κ3) is 4.98. The van der Waals surface area contributed by atoms with Crippen molar-refractivity contribution in [1.82, 2.24) is 0 Å². The fourth-order valence-electron chi connectivity index (χ4n) is 4.04. The van der Waals surface area contributed by atoms with Gasteiger partial charge in [-0.3, -0.25) is 0 Å². The number of fused-ring (bicyclic) bond motifs is 3. The number of ether oxygens (including phenoxy) is 3. The predicted octanol–water partition coefficient (Wildman–Crippen LogP) is 6.79. The number of benzene rings is 3. The number of carbonyl (C=O) groups is 2. The second kappa shape index (κ2) is 10.6. The van der Waals surface area contributed by atoms with Gasteiger partial charge in [-0.25, -0.2) is 9.59 Å². The lowest BCUT2D eigenvalue weighted by Crippen LogP contribution is -2.04. The second-order valence-electron chi connectivity index (χ2n) is 7.99. The summed E-state index contributed by atoms with van der Waals surface area (Å²) in [5.74, 6) is 0.475. The predicted molar refractivity (Wildman–Crippen MR) is 141 cm³/mol. The van der Waals surface area contributed by atoms with Crippen LogP contribution in [0.1, 0.15) is 17.5 Å². The van der Waals surface area contributed by atoms with E-state index in [-0.39, 0.29) is 0 Å². The van der Waals surface area contributed by atoms with E-state index in [0.717, 1.165) is 61.5 Å². The summed E-state index contributed by atoms with van der Waals surface area (Å²) in [6.07, 6.45) is 3.90. The molecule has 1 heterocycles. The summed E-state index contributed by atoms with van der Waals surface area (Å²) in [6.45, 7) is 9.19. The van der Waals surface area contributed by atoms with E-state index in [1.165, 1.54) is 11.6 Å². The number of methoxy groups -OCH3 is 1. The van der Waals surface area contributed by atoms with Crippen LogP contribution in [0.25, 0.3) is 31.3 Å². The highest BCUT2D eigenvalue weighted by Gasteiger charge is 2.18. The third-order valence-electron chi connectivity index (χ3n) is 5.83. The van der Waals surface area contributed by atoms with Crippen LogP contribution in [0.5, 0.6) is 11.5 Å². The molecule has 5 nitrogen and oxygen atoms in total. The molecule has 0 saturated carbocycles. The Balaban J connectivity index is 1.64. The molecule has 6 heteroatoms. The Morgan fingerprint density at radius 3 is 2.29 bits per heavy atom. The number of thiophene rings is 1. The minimum absolute atomic E-state index is 0.372. The van der Waals surface area contributed by atoms with Gasteiger partial charge in [0, 0.05) is 38.8 Å². The SMILES string of the molecule is C=CC(=O)OCCCc1ccc(-c2ccc3c(sc4c(C)c(OC(=O)C=C)ccc43)c2OC)cc1. The van der Waals surface area contributed by atoms with Gasteiger partial charge in [-0.05, 0) is 49.1 Å². The molecular formula is C29H26O5S.